The molecule has 0 unspecified atom stereocenters. The molecule has 0 radical (unpaired) electrons. The number of carbonyl (C=O) groups excluding carboxylic acids is 1. The highest BCUT2D eigenvalue weighted by atomic mass is 16.7. The number of piperazine rings is 1. The summed E-state index contributed by atoms with van der Waals surface area (Å²) in [5.41, 5.74) is 0.943. The zero-order valence-corrected chi connectivity index (χ0v) is 16.0. The summed E-state index contributed by atoms with van der Waals surface area (Å²) in [6, 6.07) is 5.61. The van der Waals surface area contributed by atoms with Gasteiger partial charge in [0.2, 0.25) is 5.91 Å². The average Bonchev–Trinajstić information content (AvgIpc) is 2.72. The van der Waals surface area contributed by atoms with E-state index in [-0.39, 0.29) is 12.7 Å². The first kappa shape index (κ1) is 21.0. The number of hydrogen-bond donors (Lipinski definition) is 1. The van der Waals surface area contributed by atoms with Crippen molar-refractivity contribution in [3.63, 3.8) is 0 Å². The predicted octanol–water partition coefficient (Wildman–Crippen LogP) is 1.70. The molecule has 0 spiro atoms. The fraction of sp³-hybridized carbons (Fsp3) is 0.450. The van der Waals surface area contributed by atoms with Gasteiger partial charge >= 0.3 is 0 Å². The summed E-state index contributed by atoms with van der Waals surface area (Å²) in [6.45, 7) is 4.32. The number of benzene rings is 1. The van der Waals surface area contributed by atoms with Crippen LogP contribution in [0.5, 0.6) is 11.5 Å². The second-order valence-corrected chi connectivity index (χ2v) is 5.87. The SMILES string of the molecule is COCCOCOc1ccc(/C=C/C=C/C(=O)N2CCNCC2)cc1OC. The minimum absolute atomic E-state index is 0.0379. The fourth-order valence-corrected chi connectivity index (χ4v) is 2.51. The van der Waals surface area contributed by atoms with Gasteiger partial charge in [-0.3, -0.25) is 4.79 Å². The van der Waals surface area contributed by atoms with E-state index in [2.05, 4.69) is 5.32 Å². The lowest BCUT2D eigenvalue weighted by Gasteiger charge is -2.26. The van der Waals surface area contributed by atoms with Crippen molar-refractivity contribution in [2.24, 2.45) is 0 Å². The largest absolute Gasteiger partial charge is 0.493 e. The average molecular weight is 376 g/mol. The van der Waals surface area contributed by atoms with Crippen LogP contribution in [0.15, 0.2) is 36.4 Å². The van der Waals surface area contributed by atoms with Gasteiger partial charge in [0.25, 0.3) is 0 Å². The van der Waals surface area contributed by atoms with Crippen molar-refractivity contribution in [2.75, 3.05) is 60.4 Å². The van der Waals surface area contributed by atoms with Gasteiger partial charge in [-0.05, 0) is 17.7 Å². The Hall–Kier alpha value is -2.35. The molecule has 0 aromatic heterocycles. The molecular weight excluding hydrogens is 348 g/mol. The summed E-state index contributed by atoms with van der Waals surface area (Å²) in [7, 11) is 3.21. The minimum atomic E-state index is 0.0379. The van der Waals surface area contributed by atoms with E-state index in [1.807, 2.05) is 35.3 Å². The molecule has 1 heterocycles. The molecule has 2 rings (SSSR count). The van der Waals surface area contributed by atoms with Crippen LogP contribution in [0.1, 0.15) is 5.56 Å². The van der Waals surface area contributed by atoms with Gasteiger partial charge in [-0.1, -0.05) is 24.3 Å². The first-order valence-electron chi connectivity index (χ1n) is 8.96. The van der Waals surface area contributed by atoms with Crippen LogP contribution < -0.4 is 14.8 Å². The van der Waals surface area contributed by atoms with E-state index >= 15 is 0 Å². The second kappa shape index (κ2) is 12.1. The molecule has 0 atom stereocenters. The molecule has 1 aromatic rings. The maximum Gasteiger partial charge on any atom is 0.246 e. The number of hydrogen-bond acceptors (Lipinski definition) is 6. The molecule has 1 fully saturated rings. The number of nitrogens with zero attached hydrogens (tertiary/aromatic N) is 1. The van der Waals surface area contributed by atoms with Crippen LogP contribution in [0.4, 0.5) is 0 Å². The van der Waals surface area contributed by atoms with Crippen LogP contribution in [0, 0.1) is 0 Å². The van der Waals surface area contributed by atoms with Gasteiger partial charge in [-0.2, -0.15) is 0 Å². The number of ether oxygens (including phenoxy) is 4. The summed E-state index contributed by atoms with van der Waals surface area (Å²) < 4.78 is 21.1. The van der Waals surface area contributed by atoms with Crippen LogP contribution in [0.25, 0.3) is 6.08 Å². The Bertz CT molecular complexity index is 639. The van der Waals surface area contributed by atoms with Gasteiger partial charge in [0.15, 0.2) is 18.3 Å². The molecular formula is C20H28N2O5. The van der Waals surface area contributed by atoms with Crippen molar-refractivity contribution in [1.29, 1.82) is 0 Å². The Morgan fingerprint density at radius 3 is 2.70 bits per heavy atom. The van der Waals surface area contributed by atoms with Crippen molar-refractivity contribution >= 4 is 12.0 Å². The molecule has 1 amide bonds. The quantitative estimate of drug-likeness (QED) is 0.290. The molecule has 148 valence electrons. The molecule has 1 aliphatic heterocycles. The maximum atomic E-state index is 12.0. The Kier molecular flexibility index (Phi) is 9.40. The summed E-state index contributed by atoms with van der Waals surface area (Å²) in [5, 5.41) is 3.23. The Morgan fingerprint density at radius 1 is 1.15 bits per heavy atom. The van der Waals surface area contributed by atoms with Gasteiger partial charge in [0, 0.05) is 39.4 Å². The zero-order valence-electron chi connectivity index (χ0n) is 16.0. The number of allylic oxidation sites excluding steroid dienone is 2. The first-order valence-corrected chi connectivity index (χ1v) is 8.96. The lowest BCUT2D eigenvalue weighted by Crippen LogP contribution is -2.45. The number of amides is 1. The molecule has 0 saturated carbocycles. The molecule has 0 aliphatic carbocycles. The van der Waals surface area contributed by atoms with Crippen molar-refractivity contribution in [3.05, 3.63) is 42.0 Å². The van der Waals surface area contributed by atoms with E-state index < -0.39 is 0 Å². The van der Waals surface area contributed by atoms with Crippen molar-refractivity contribution < 1.29 is 23.7 Å². The van der Waals surface area contributed by atoms with Crippen LogP contribution >= 0.6 is 0 Å². The third-order valence-corrected chi connectivity index (χ3v) is 3.98. The molecule has 1 aromatic carbocycles. The highest BCUT2D eigenvalue weighted by Crippen LogP contribution is 2.28. The Morgan fingerprint density at radius 2 is 1.96 bits per heavy atom. The first-order chi connectivity index (χ1) is 13.2. The topological polar surface area (TPSA) is 69.3 Å². The molecule has 27 heavy (non-hydrogen) atoms. The maximum absolute atomic E-state index is 12.0. The third kappa shape index (κ3) is 7.42. The molecule has 1 aliphatic rings. The number of rotatable bonds is 10. The monoisotopic (exact) mass is 376 g/mol. The summed E-state index contributed by atoms with van der Waals surface area (Å²) in [6.07, 6.45) is 7.09. The summed E-state index contributed by atoms with van der Waals surface area (Å²) in [4.78, 5) is 13.9. The van der Waals surface area contributed by atoms with Gasteiger partial charge in [0.1, 0.15) is 0 Å². The van der Waals surface area contributed by atoms with E-state index in [1.54, 1.807) is 26.4 Å². The Balaban J connectivity index is 1.85. The molecule has 7 heteroatoms. The molecule has 7 nitrogen and oxygen atoms in total. The minimum Gasteiger partial charge on any atom is -0.493 e. The number of nitrogens with one attached hydrogen (secondary N) is 1. The summed E-state index contributed by atoms with van der Waals surface area (Å²) in [5.74, 6) is 1.26. The number of carbonyl (C=O) groups is 1. The van der Waals surface area contributed by atoms with Crippen molar-refractivity contribution in [2.45, 2.75) is 0 Å². The van der Waals surface area contributed by atoms with E-state index in [4.69, 9.17) is 18.9 Å². The van der Waals surface area contributed by atoms with Crippen molar-refractivity contribution in [1.82, 2.24) is 10.2 Å². The highest BCUT2D eigenvalue weighted by Gasteiger charge is 2.12. The zero-order chi connectivity index (χ0) is 19.3. The van der Waals surface area contributed by atoms with Crippen molar-refractivity contribution in [3.8, 4) is 11.5 Å². The van der Waals surface area contributed by atoms with Gasteiger partial charge in [-0.25, -0.2) is 0 Å². The van der Waals surface area contributed by atoms with Crippen LogP contribution in [0.2, 0.25) is 0 Å². The number of methoxy groups -OCH3 is 2. The highest BCUT2D eigenvalue weighted by molar-refractivity contribution is 5.88. The molecule has 1 N–H and O–H groups in total. The van der Waals surface area contributed by atoms with Gasteiger partial charge in [0.05, 0.1) is 20.3 Å². The third-order valence-electron chi connectivity index (χ3n) is 3.98. The normalized spacial score (nSPS) is 14.8. The van der Waals surface area contributed by atoms with E-state index in [0.29, 0.717) is 24.7 Å². The molecule has 0 bridgehead atoms. The second-order valence-electron chi connectivity index (χ2n) is 5.87. The van der Waals surface area contributed by atoms with E-state index in [0.717, 1.165) is 31.7 Å². The predicted molar refractivity (Wildman–Crippen MR) is 104 cm³/mol. The molecule has 1 saturated heterocycles. The lowest BCUT2D eigenvalue weighted by molar-refractivity contribution is -0.126. The van der Waals surface area contributed by atoms with E-state index in [9.17, 15) is 4.79 Å². The Labute approximate surface area is 160 Å². The standard InChI is InChI=1S/C20H28N2O5/c1-24-13-14-26-16-27-18-8-7-17(15-19(18)25-2)5-3-4-6-20(23)22-11-9-21-10-12-22/h3-8,15,21H,9-14,16H2,1-2H3/b5-3+,6-4+. The van der Waals surface area contributed by atoms with Gasteiger partial charge in [-0.15, -0.1) is 0 Å². The fourth-order valence-electron chi connectivity index (χ4n) is 2.51. The lowest BCUT2D eigenvalue weighted by atomic mass is 10.2. The van der Waals surface area contributed by atoms with Crippen LogP contribution in [-0.4, -0.2) is 71.2 Å². The van der Waals surface area contributed by atoms with Crippen LogP contribution in [0.3, 0.4) is 0 Å². The van der Waals surface area contributed by atoms with Gasteiger partial charge < -0.3 is 29.2 Å². The van der Waals surface area contributed by atoms with Crippen LogP contribution in [-0.2, 0) is 14.3 Å². The smallest absolute Gasteiger partial charge is 0.246 e. The summed E-state index contributed by atoms with van der Waals surface area (Å²) >= 11 is 0. The van der Waals surface area contributed by atoms with E-state index in [1.165, 1.54) is 0 Å².